The Hall–Kier alpha value is -3.25. The number of hydrogen-bond acceptors (Lipinski definition) is 3. The molecule has 3 aromatic rings. The molecule has 27 heavy (non-hydrogen) atoms. The number of carboxylic acid groups (broad SMARTS) is 1. The van der Waals surface area contributed by atoms with Gasteiger partial charge in [0.05, 0.1) is 25.1 Å². The third-order valence-electron chi connectivity index (χ3n) is 3.94. The largest absolute Gasteiger partial charge is 0.478 e. The number of carboxylic acids is 1. The Morgan fingerprint density at radius 2 is 1.89 bits per heavy atom. The molecule has 138 valence electrons. The summed E-state index contributed by atoms with van der Waals surface area (Å²) in [4.78, 5) is 15.0. The molecule has 0 radical (unpaired) electrons. The molecule has 5 nitrogen and oxygen atoms in total. The van der Waals surface area contributed by atoms with E-state index in [-0.39, 0.29) is 11.4 Å². The van der Waals surface area contributed by atoms with Crippen LogP contribution in [0.4, 0.5) is 4.39 Å². The Kier molecular flexibility index (Phi) is 6.12. The minimum atomic E-state index is -0.952. The van der Waals surface area contributed by atoms with Crippen LogP contribution < -0.4 is 0 Å². The van der Waals surface area contributed by atoms with Gasteiger partial charge in [0.2, 0.25) is 0 Å². The Morgan fingerprint density at radius 1 is 1.15 bits per heavy atom. The van der Waals surface area contributed by atoms with Crippen molar-refractivity contribution in [3.8, 4) is 0 Å². The maximum absolute atomic E-state index is 13.0. The van der Waals surface area contributed by atoms with Gasteiger partial charge in [0.15, 0.2) is 0 Å². The van der Waals surface area contributed by atoms with Gasteiger partial charge < -0.3 is 14.4 Å². The van der Waals surface area contributed by atoms with Crippen molar-refractivity contribution in [3.05, 3.63) is 95.3 Å². The second-order valence-electron chi connectivity index (χ2n) is 6.08. The number of imidazole rings is 1. The summed E-state index contributed by atoms with van der Waals surface area (Å²) >= 11 is 0. The number of aromatic nitrogens is 2. The lowest BCUT2D eigenvalue weighted by Gasteiger charge is -2.10. The van der Waals surface area contributed by atoms with Crippen LogP contribution in [0.1, 0.15) is 21.5 Å². The predicted octanol–water partition coefficient (Wildman–Crippen LogP) is 4.02. The number of hydrogen-bond donors (Lipinski definition) is 1. The van der Waals surface area contributed by atoms with E-state index < -0.39 is 5.97 Å². The van der Waals surface area contributed by atoms with E-state index in [2.05, 4.69) is 4.98 Å². The minimum Gasteiger partial charge on any atom is -0.478 e. The zero-order chi connectivity index (χ0) is 19.1. The van der Waals surface area contributed by atoms with Crippen LogP contribution in [0.5, 0.6) is 0 Å². The number of benzene rings is 2. The summed E-state index contributed by atoms with van der Waals surface area (Å²) < 4.78 is 20.7. The number of aromatic carboxylic acids is 1. The molecule has 0 aliphatic rings. The van der Waals surface area contributed by atoms with Gasteiger partial charge in [-0.05, 0) is 41.0 Å². The molecule has 1 heterocycles. The molecule has 0 aliphatic heterocycles. The van der Waals surface area contributed by atoms with Gasteiger partial charge in [-0.1, -0.05) is 30.3 Å². The fourth-order valence-corrected chi connectivity index (χ4v) is 2.59. The number of nitrogens with zero attached hydrogens (tertiary/aromatic N) is 2. The summed E-state index contributed by atoms with van der Waals surface area (Å²) in [6.07, 6.45) is 7.26. The Morgan fingerprint density at radius 3 is 2.52 bits per heavy atom. The molecular formula is C21H19FN2O3. The van der Waals surface area contributed by atoms with Gasteiger partial charge in [0, 0.05) is 18.9 Å². The zero-order valence-corrected chi connectivity index (χ0v) is 14.6. The molecule has 0 saturated heterocycles. The van der Waals surface area contributed by atoms with E-state index in [0.29, 0.717) is 19.8 Å². The van der Waals surface area contributed by atoms with Crippen LogP contribution in [-0.4, -0.2) is 27.2 Å². The summed E-state index contributed by atoms with van der Waals surface area (Å²) in [7, 11) is 0. The maximum atomic E-state index is 13.0. The van der Waals surface area contributed by atoms with E-state index in [0.717, 1.165) is 16.7 Å². The highest BCUT2D eigenvalue weighted by atomic mass is 19.1. The molecule has 0 saturated carbocycles. The van der Waals surface area contributed by atoms with Crippen molar-refractivity contribution < 1.29 is 19.0 Å². The van der Waals surface area contributed by atoms with Crippen molar-refractivity contribution in [1.29, 1.82) is 0 Å². The second kappa shape index (κ2) is 8.91. The average Bonchev–Trinajstić information content (AvgIpc) is 3.17. The summed E-state index contributed by atoms with van der Waals surface area (Å²) in [6.45, 7) is 1.36. The first-order valence-corrected chi connectivity index (χ1v) is 8.41. The summed E-state index contributed by atoms with van der Waals surface area (Å²) in [5.41, 5.74) is 3.03. The standard InChI is InChI=1S/C21H19FN2O3/c22-20-7-3-17(4-8-20)13-27-14-18(12-24-10-9-23-15-24)11-16-1-5-19(6-2-16)21(25)26/h1-11,15H,12-14H2,(H,25,26). The lowest BCUT2D eigenvalue weighted by Crippen LogP contribution is -2.06. The molecule has 0 amide bonds. The predicted molar refractivity (Wildman–Crippen MR) is 99.7 cm³/mol. The van der Waals surface area contributed by atoms with Gasteiger partial charge in [-0.25, -0.2) is 14.2 Å². The van der Waals surface area contributed by atoms with E-state index in [1.807, 2.05) is 16.8 Å². The molecule has 0 unspecified atom stereocenters. The molecule has 0 bridgehead atoms. The van der Waals surface area contributed by atoms with Crippen molar-refractivity contribution in [3.63, 3.8) is 0 Å². The summed E-state index contributed by atoms with van der Waals surface area (Å²) in [5, 5.41) is 9.00. The first-order chi connectivity index (χ1) is 13.1. The molecule has 0 fully saturated rings. The quantitative estimate of drug-likeness (QED) is 0.654. The highest BCUT2D eigenvalue weighted by molar-refractivity contribution is 5.87. The van der Waals surface area contributed by atoms with Crippen LogP contribution in [0, 0.1) is 5.82 Å². The molecular weight excluding hydrogens is 347 g/mol. The molecule has 6 heteroatoms. The van der Waals surface area contributed by atoms with Crippen molar-refractivity contribution in [2.75, 3.05) is 6.61 Å². The molecule has 3 rings (SSSR count). The highest BCUT2D eigenvalue weighted by Crippen LogP contribution is 2.13. The van der Waals surface area contributed by atoms with Crippen molar-refractivity contribution in [2.45, 2.75) is 13.2 Å². The van der Waals surface area contributed by atoms with Crippen LogP contribution in [0.15, 0.2) is 72.8 Å². The smallest absolute Gasteiger partial charge is 0.335 e. The van der Waals surface area contributed by atoms with E-state index in [9.17, 15) is 9.18 Å². The average molecular weight is 366 g/mol. The molecule has 1 N–H and O–H groups in total. The lowest BCUT2D eigenvalue weighted by molar-refractivity contribution is 0.0697. The van der Waals surface area contributed by atoms with Gasteiger partial charge in [-0.3, -0.25) is 0 Å². The highest BCUT2D eigenvalue weighted by Gasteiger charge is 2.04. The minimum absolute atomic E-state index is 0.246. The van der Waals surface area contributed by atoms with Crippen LogP contribution in [0.25, 0.3) is 6.08 Å². The third-order valence-corrected chi connectivity index (χ3v) is 3.94. The van der Waals surface area contributed by atoms with Crippen LogP contribution in [0.2, 0.25) is 0 Å². The van der Waals surface area contributed by atoms with Gasteiger partial charge in [0.1, 0.15) is 5.82 Å². The maximum Gasteiger partial charge on any atom is 0.335 e. The topological polar surface area (TPSA) is 64.3 Å². The third kappa shape index (κ3) is 5.62. The van der Waals surface area contributed by atoms with E-state index in [1.54, 1.807) is 48.9 Å². The Balaban J connectivity index is 1.69. The van der Waals surface area contributed by atoms with Crippen molar-refractivity contribution >= 4 is 12.0 Å². The molecule has 0 spiro atoms. The van der Waals surface area contributed by atoms with Gasteiger partial charge in [-0.15, -0.1) is 0 Å². The van der Waals surface area contributed by atoms with Gasteiger partial charge >= 0.3 is 5.97 Å². The summed E-state index contributed by atoms with van der Waals surface area (Å²) in [5.74, 6) is -1.23. The van der Waals surface area contributed by atoms with E-state index >= 15 is 0 Å². The van der Waals surface area contributed by atoms with Crippen LogP contribution in [-0.2, 0) is 17.9 Å². The lowest BCUT2D eigenvalue weighted by atomic mass is 10.1. The fourth-order valence-electron chi connectivity index (χ4n) is 2.59. The van der Waals surface area contributed by atoms with E-state index in [1.165, 1.54) is 12.1 Å². The second-order valence-corrected chi connectivity index (χ2v) is 6.08. The van der Waals surface area contributed by atoms with Gasteiger partial charge in [0.25, 0.3) is 0 Å². The number of ether oxygens (including phenoxy) is 1. The first-order valence-electron chi connectivity index (χ1n) is 8.41. The molecule has 0 aliphatic carbocycles. The van der Waals surface area contributed by atoms with Crippen LogP contribution in [0.3, 0.4) is 0 Å². The van der Waals surface area contributed by atoms with Crippen molar-refractivity contribution in [1.82, 2.24) is 9.55 Å². The molecule has 0 atom stereocenters. The number of halogens is 1. The zero-order valence-electron chi connectivity index (χ0n) is 14.6. The first kappa shape index (κ1) is 18.5. The fraction of sp³-hybridized carbons (Fsp3) is 0.143. The summed E-state index contributed by atoms with van der Waals surface area (Å²) in [6, 6.07) is 12.9. The van der Waals surface area contributed by atoms with Crippen LogP contribution >= 0.6 is 0 Å². The normalized spacial score (nSPS) is 11.5. The monoisotopic (exact) mass is 366 g/mol. The number of carbonyl (C=O) groups is 1. The SMILES string of the molecule is O=C(O)c1ccc(C=C(COCc2ccc(F)cc2)Cn2ccnc2)cc1. The molecule has 2 aromatic carbocycles. The van der Waals surface area contributed by atoms with Crippen molar-refractivity contribution in [2.24, 2.45) is 0 Å². The Labute approximate surface area is 156 Å². The van der Waals surface area contributed by atoms with E-state index in [4.69, 9.17) is 9.84 Å². The van der Waals surface area contributed by atoms with Gasteiger partial charge in [-0.2, -0.15) is 0 Å². The molecule has 1 aromatic heterocycles. The number of rotatable bonds is 8. The Bertz CT molecular complexity index is 902.